The molecule has 104 valence electrons. The zero-order chi connectivity index (χ0) is 14.1. The summed E-state index contributed by atoms with van der Waals surface area (Å²) in [5, 5.41) is 12.9. The summed E-state index contributed by atoms with van der Waals surface area (Å²) < 4.78 is 7.37. The van der Waals surface area contributed by atoms with Crippen LogP contribution >= 0.6 is 0 Å². The van der Waals surface area contributed by atoms with Crippen molar-refractivity contribution >= 4 is 17.0 Å². The molecule has 1 aliphatic heterocycles. The van der Waals surface area contributed by atoms with E-state index in [-0.39, 0.29) is 12.4 Å². The van der Waals surface area contributed by atoms with Gasteiger partial charge in [-0.3, -0.25) is 4.57 Å². The molecule has 1 fully saturated rings. The van der Waals surface area contributed by atoms with Crippen molar-refractivity contribution in [3.63, 3.8) is 0 Å². The van der Waals surface area contributed by atoms with E-state index in [9.17, 15) is 5.11 Å². The van der Waals surface area contributed by atoms with Gasteiger partial charge in [0.05, 0.1) is 25.1 Å². The molecular weight excluding hydrogens is 264 g/mol. The molecule has 2 aromatic rings. The number of anilines is 1. The van der Waals surface area contributed by atoms with E-state index >= 15 is 0 Å². The topological polar surface area (TPSA) is 148 Å². The van der Waals surface area contributed by atoms with E-state index < -0.39 is 18.4 Å². The van der Waals surface area contributed by atoms with E-state index in [1.165, 1.54) is 6.33 Å². The fraction of sp³-hybridized carbons (Fsp3) is 0.500. The van der Waals surface area contributed by atoms with Gasteiger partial charge in [0.2, 0.25) is 0 Å². The lowest BCUT2D eigenvalue weighted by molar-refractivity contribution is -0.0233. The van der Waals surface area contributed by atoms with Crippen LogP contribution < -0.4 is 5.73 Å². The molecule has 0 bridgehead atoms. The molecule has 0 aliphatic carbocycles. The fourth-order valence-corrected chi connectivity index (χ4v) is 2.32. The van der Waals surface area contributed by atoms with E-state index in [2.05, 4.69) is 25.0 Å². The molecule has 0 radical (unpaired) electrons. The highest BCUT2D eigenvalue weighted by Gasteiger charge is 2.36. The molecule has 20 heavy (non-hydrogen) atoms. The molecular formula is C10H12N8O2. The first-order valence-electron chi connectivity index (χ1n) is 5.98. The molecule has 3 N–H and O–H groups in total. The van der Waals surface area contributed by atoms with E-state index in [0.717, 1.165) is 0 Å². The van der Waals surface area contributed by atoms with Crippen LogP contribution in [-0.4, -0.2) is 43.4 Å². The van der Waals surface area contributed by atoms with Crippen molar-refractivity contribution in [1.29, 1.82) is 0 Å². The first-order valence-corrected chi connectivity index (χ1v) is 5.98. The van der Waals surface area contributed by atoms with Gasteiger partial charge in [-0.2, -0.15) is 0 Å². The molecule has 1 aliphatic rings. The third-order valence-electron chi connectivity index (χ3n) is 3.28. The Kier molecular flexibility index (Phi) is 3.11. The molecule has 0 unspecified atom stereocenters. The van der Waals surface area contributed by atoms with Gasteiger partial charge < -0.3 is 15.6 Å². The summed E-state index contributed by atoms with van der Waals surface area (Å²) in [5.41, 5.74) is 15.3. The van der Waals surface area contributed by atoms with Gasteiger partial charge in [-0.15, -0.1) is 0 Å². The number of fused-ring (bicyclic) bond motifs is 1. The third kappa shape index (κ3) is 1.92. The van der Waals surface area contributed by atoms with E-state index in [1.807, 2.05) is 0 Å². The number of nitrogens with two attached hydrogens (primary N) is 1. The summed E-state index contributed by atoms with van der Waals surface area (Å²) in [6, 6.07) is -0.424. The number of azide groups is 1. The molecule has 3 heterocycles. The van der Waals surface area contributed by atoms with Crippen LogP contribution in [0.25, 0.3) is 21.6 Å². The Balaban J connectivity index is 1.96. The summed E-state index contributed by atoms with van der Waals surface area (Å²) in [7, 11) is 0. The number of aliphatic hydroxyl groups is 1. The summed E-state index contributed by atoms with van der Waals surface area (Å²) in [4.78, 5) is 14.9. The number of aliphatic hydroxyl groups excluding tert-OH is 1. The lowest BCUT2D eigenvalue weighted by Crippen LogP contribution is -2.22. The van der Waals surface area contributed by atoms with Gasteiger partial charge in [-0.05, 0) is 5.53 Å². The maximum absolute atomic E-state index is 9.26. The van der Waals surface area contributed by atoms with Crippen molar-refractivity contribution in [2.45, 2.75) is 24.8 Å². The molecule has 10 nitrogen and oxygen atoms in total. The lowest BCUT2D eigenvalue weighted by atomic mass is 10.1. The number of hydrogen-bond donors (Lipinski definition) is 2. The number of rotatable bonds is 3. The van der Waals surface area contributed by atoms with Crippen molar-refractivity contribution in [3.8, 4) is 0 Å². The third-order valence-corrected chi connectivity index (χ3v) is 3.28. The first-order chi connectivity index (χ1) is 9.74. The van der Waals surface area contributed by atoms with E-state index in [0.29, 0.717) is 17.6 Å². The summed E-state index contributed by atoms with van der Waals surface area (Å²) in [5.74, 6) is 0.289. The summed E-state index contributed by atoms with van der Waals surface area (Å²) >= 11 is 0. The number of ether oxygens (including phenoxy) is 1. The van der Waals surface area contributed by atoms with Gasteiger partial charge in [-0.1, -0.05) is 5.11 Å². The lowest BCUT2D eigenvalue weighted by Gasteiger charge is -2.13. The Labute approximate surface area is 112 Å². The van der Waals surface area contributed by atoms with Crippen LogP contribution in [0.2, 0.25) is 0 Å². The zero-order valence-electron chi connectivity index (χ0n) is 10.4. The highest BCUT2D eigenvalue weighted by molar-refractivity contribution is 5.81. The van der Waals surface area contributed by atoms with Crippen molar-refractivity contribution in [2.75, 3.05) is 12.3 Å². The smallest absolute Gasteiger partial charge is 0.167 e. The second-order valence-corrected chi connectivity index (χ2v) is 4.40. The molecule has 2 aromatic heterocycles. The molecule has 0 aromatic carbocycles. The SMILES string of the molecule is [N-]=[N+]=N[C@@H]1C[C@H](n2cnc3c(N)ncnc32)O[C@H]1CO. The van der Waals surface area contributed by atoms with Crippen molar-refractivity contribution in [3.05, 3.63) is 23.1 Å². The van der Waals surface area contributed by atoms with Crippen molar-refractivity contribution in [1.82, 2.24) is 19.5 Å². The molecule has 3 rings (SSSR count). The summed E-state index contributed by atoms with van der Waals surface area (Å²) in [6.07, 6.45) is 2.38. The quantitative estimate of drug-likeness (QED) is 0.470. The number of hydrogen-bond acceptors (Lipinski definition) is 7. The predicted molar refractivity (Wildman–Crippen MR) is 68.3 cm³/mol. The molecule has 0 amide bonds. The van der Waals surface area contributed by atoms with Crippen LogP contribution in [0.15, 0.2) is 17.8 Å². The second kappa shape index (κ2) is 4.93. The molecule has 3 atom stereocenters. The standard InChI is InChI=1S/C10H12N8O2/c11-9-8-10(14-3-13-9)18(4-15-8)7-1-5(16-17-12)6(2-19)20-7/h3-7,19H,1-2H2,(H2,11,13,14)/t5-,6+,7-/m1/s1. The number of imidazole rings is 1. The summed E-state index contributed by atoms with van der Waals surface area (Å²) in [6.45, 7) is -0.218. The number of nitrogens with zero attached hydrogens (tertiary/aromatic N) is 7. The Bertz CT molecular complexity index is 679. The van der Waals surface area contributed by atoms with Gasteiger partial charge in [0, 0.05) is 11.3 Å². The van der Waals surface area contributed by atoms with Gasteiger partial charge in [0.25, 0.3) is 0 Å². The maximum atomic E-state index is 9.26. The zero-order valence-corrected chi connectivity index (χ0v) is 10.4. The van der Waals surface area contributed by atoms with E-state index in [1.54, 1.807) is 10.9 Å². The largest absolute Gasteiger partial charge is 0.394 e. The van der Waals surface area contributed by atoms with Crippen LogP contribution in [0, 0.1) is 0 Å². The minimum absolute atomic E-state index is 0.218. The number of nitrogen functional groups attached to an aromatic ring is 1. The van der Waals surface area contributed by atoms with Crippen LogP contribution in [0.5, 0.6) is 0 Å². The number of aromatic nitrogens is 4. The first kappa shape index (κ1) is 12.6. The second-order valence-electron chi connectivity index (χ2n) is 4.40. The minimum atomic E-state index is -0.535. The van der Waals surface area contributed by atoms with Gasteiger partial charge in [0.15, 0.2) is 11.5 Å². The Morgan fingerprint density at radius 1 is 1.55 bits per heavy atom. The average molecular weight is 276 g/mol. The Morgan fingerprint density at radius 3 is 3.15 bits per heavy atom. The van der Waals surface area contributed by atoms with Crippen LogP contribution in [-0.2, 0) is 4.74 Å². The Morgan fingerprint density at radius 2 is 2.40 bits per heavy atom. The van der Waals surface area contributed by atoms with Gasteiger partial charge >= 0.3 is 0 Å². The normalized spacial score (nSPS) is 25.8. The minimum Gasteiger partial charge on any atom is -0.394 e. The highest BCUT2D eigenvalue weighted by atomic mass is 16.5. The molecule has 0 spiro atoms. The van der Waals surface area contributed by atoms with Gasteiger partial charge in [0.1, 0.15) is 18.1 Å². The van der Waals surface area contributed by atoms with Crippen LogP contribution in [0.4, 0.5) is 5.82 Å². The Hall–Kier alpha value is -2.42. The monoisotopic (exact) mass is 276 g/mol. The van der Waals surface area contributed by atoms with Crippen LogP contribution in [0.1, 0.15) is 12.6 Å². The fourth-order valence-electron chi connectivity index (χ4n) is 2.32. The van der Waals surface area contributed by atoms with E-state index in [4.69, 9.17) is 16.0 Å². The van der Waals surface area contributed by atoms with Crippen molar-refractivity contribution in [2.24, 2.45) is 5.11 Å². The molecule has 0 saturated carbocycles. The van der Waals surface area contributed by atoms with Crippen molar-refractivity contribution < 1.29 is 9.84 Å². The van der Waals surface area contributed by atoms with Gasteiger partial charge in [-0.25, -0.2) is 15.0 Å². The highest BCUT2D eigenvalue weighted by Crippen LogP contribution is 2.32. The molecule has 1 saturated heterocycles. The molecule has 10 heteroatoms. The predicted octanol–water partition coefficient (Wildman–Crippen LogP) is 0.367. The average Bonchev–Trinajstić information content (AvgIpc) is 3.03. The maximum Gasteiger partial charge on any atom is 0.167 e. The van der Waals surface area contributed by atoms with Crippen LogP contribution in [0.3, 0.4) is 0 Å².